The van der Waals surface area contributed by atoms with E-state index in [1.165, 1.54) is 6.08 Å². The van der Waals surface area contributed by atoms with Gasteiger partial charge in [0.1, 0.15) is 5.83 Å². The van der Waals surface area contributed by atoms with Crippen molar-refractivity contribution in [2.75, 3.05) is 0 Å². The summed E-state index contributed by atoms with van der Waals surface area (Å²) in [7, 11) is 0. The van der Waals surface area contributed by atoms with E-state index in [9.17, 15) is 4.39 Å². The summed E-state index contributed by atoms with van der Waals surface area (Å²) in [5.74, 6) is -0.213. The Hall–Kier alpha value is -2.33. The maximum atomic E-state index is 14.1. The van der Waals surface area contributed by atoms with Crippen molar-refractivity contribution < 1.29 is 4.39 Å². The van der Waals surface area contributed by atoms with Crippen LogP contribution in [0.15, 0.2) is 34.9 Å². The van der Waals surface area contributed by atoms with Crippen LogP contribution in [0.5, 0.6) is 0 Å². The molecule has 21 heavy (non-hydrogen) atoms. The Balaban J connectivity index is 2.17. The Morgan fingerprint density at radius 2 is 2.29 bits per heavy atom. The first-order valence-electron chi connectivity index (χ1n) is 6.86. The molecule has 0 bridgehead atoms. The fourth-order valence-corrected chi connectivity index (χ4v) is 2.95. The number of aromatic nitrogens is 2. The normalized spacial score (nSPS) is 19.7. The van der Waals surface area contributed by atoms with Crippen LogP contribution < -0.4 is 10.6 Å². The van der Waals surface area contributed by atoms with E-state index >= 15 is 0 Å². The van der Waals surface area contributed by atoms with Crippen LogP contribution in [0.2, 0.25) is 0 Å². The Morgan fingerprint density at radius 3 is 3.00 bits per heavy atom. The number of halogens is 1. The van der Waals surface area contributed by atoms with Gasteiger partial charge in [-0.05, 0) is 23.3 Å². The molecule has 2 aliphatic rings. The maximum absolute atomic E-state index is 14.1. The second-order valence-corrected chi connectivity index (χ2v) is 6.02. The molecule has 0 aromatic carbocycles. The summed E-state index contributed by atoms with van der Waals surface area (Å²) in [5.41, 5.74) is 9.87. The smallest absolute Gasteiger partial charge is 0.130 e. The molecule has 108 valence electrons. The highest BCUT2D eigenvalue weighted by molar-refractivity contribution is 5.87. The third kappa shape index (κ3) is 2.08. The lowest BCUT2D eigenvalue weighted by Crippen LogP contribution is -2.32. The van der Waals surface area contributed by atoms with Crippen LogP contribution in [0.1, 0.15) is 20.8 Å². The van der Waals surface area contributed by atoms with E-state index in [1.54, 1.807) is 10.9 Å². The molecule has 0 saturated heterocycles. The van der Waals surface area contributed by atoms with E-state index in [1.807, 2.05) is 19.1 Å². The van der Waals surface area contributed by atoms with Gasteiger partial charge in [-0.1, -0.05) is 32.0 Å². The molecule has 0 saturated carbocycles. The first kappa shape index (κ1) is 13.6. The highest BCUT2D eigenvalue weighted by Gasteiger charge is 2.32. The van der Waals surface area contributed by atoms with Crippen LogP contribution in [0, 0.1) is 5.41 Å². The molecule has 1 heterocycles. The minimum Gasteiger partial charge on any atom is -0.264 e. The van der Waals surface area contributed by atoms with E-state index in [0.29, 0.717) is 12.1 Å². The number of azide groups is 1. The van der Waals surface area contributed by atoms with Crippen molar-refractivity contribution in [2.24, 2.45) is 10.5 Å². The Kier molecular flexibility index (Phi) is 2.99. The van der Waals surface area contributed by atoms with Crippen LogP contribution in [0.4, 0.5) is 4.39 Å². The molecule has 0 amide bonds. The number of nitrogens with zero attached hydrogens (tertiary/aromatic N) is 5. The van der Waals surface area contributed by atoms with Crippen LogP contribution in [-0.4, -0.2) is 15.8 Å². The third-order valence-corrected chi connectivity index (χ3v) is 3.93. The van der Waals surface area contributed by atoms with Gasteiger partial charge in [0.05, 0.1) is 17.6 Å². The monoisotopic (exact) mass is 285 g/mol. The molecular weight excluding hydrogens is 269 g/mol. The number of allylic oxidation sites excluding steroid dienone is 4. The predicted octanol–water partition coefficient (Wildman–Crippen LogP) is 2.35. The maximum Gasteiger partial charge on any atom is 0.130 e. The van der Waals surface area contributed by atoms with Crippen molar-refractivity contribution in [2.45, 2.75) is 33.4 Å². The van der Waals surface area contributed by atoms with Gasteiger partial charge in [0.25, 0.3) is 0 Å². The second-order valence-electron chi connectivity index (χ2n) is 6.02. The first-order valence-corrected chi connectivity index (χ1v) is 6.86. The standard InChI is InChI=1S/C15H16FN5/c1-9(19-20-17)8-21-13-6-10-12(16)4-5-15(2,3)14(10)11(13)7-18-21/h4-7,9H,8H2,1-3H3. The van der Waals surface area contributed by atoms with E-state index in [2.05, 4.69) is 29.0 Å². The lowest BCUT2D eigenvalue weighted by Gasteiger charge is -2.27. The molecule has 0 aliphatic heterocycles. The molecule has 0 N–H and O–H groups in total. The van der Waals surface area contributed by atoms with Crippen LogP contribution in [-0.2, 0) is 6.54 Å². The van der Waals surface area contributed by atoms with Crippen LogP contribution in [0.25, 0.3) is 22.1 Å². The lowest BCUT2D eigenvalue weighted by molar-refractivity contribution is 0.526. The van der Waals surface area contributed by atoms with Gasteiger partial charge >= 0.3 is 0 Å². The zero-order chi connectivity index (χ0) is 15.2. The van der Waals surface area contributed by atoms with Gasteiger partial charge in [-0.15, -0.1) is 0 Å². The van der Waals surface area contributed by atoms with Gasteiger partial charge in [0.15, 0.2) is 0 Å². The van der Waals surface area contributed by atoms with E-state index in [-0.39, 0.29) is 17.3 Å². The van der Waals surface area contributed by atoms with Gasteiger partial charge in [-0.3, -0.25) is 4.68 Å². The largest absolute Gasteiger partial charge is 0.264 e. The van der Waals surface area contributed by atoms with E-state index < -0.39 is 0 Å². The second kappa shape index (κ2) is 4.60. The molecule has 2 aliphatic carbocycles. The Morgan fingerprint density at radius 1 is 1.52 bits per heavy atom. The zero-order valence-electron chi connectivity index (χ0n) is 12.2. The zero-order valence-corrected chi connectivity index (χ0v) is 12.2. The van der Waals surface area contributed by atoms with Gasteiger partial charge < -0.3 is 0 Å². The minimum absolute atomic E-state index is 0.204. The van der Waals surface area contributed by atoms with Gasteiger partial charge in [0.2, 0.25) is 0 Å². The van der Waals surface area contributed by atoms with Crippen molar-refractivity contribution in [1.29, 1.82) is 0 Å². The molecule has 6 heteroatoms. The number of rotatable bonds is 3. The summed E-state index contributed by atoms with van der Waals surface area (Å²) < 4.78 is 15.9. The van der Waals surface area contributed by atoms with Crippen molar-refractivity contribution in [3.63, 3.8) is 0 Å². The third-order valence-electron chi connectivity index (χ3n) is 3.93. The molecule has 0 spiro atoms. The van der Waals surface area contributed by atoms with Crippen molar-refractivity contribution in [1.82, 2.24) is 9.78 Å². The molecule has 0 fully saturated rings. The Bertz CT molecular complexity index is 834. The SMILES string of the molecule is CC(Cn1ncc2c1=CC1=C(F)C=CC(C)(C)C=21)N=[N+]=[N-]. The number of hydrogen-bond donors (Lipinski definition) is 0. The average molecular weight is 285 g/mol. The fourth-order valence-electron chi connectivity index (χ4n) is 2.95. The molecule has 1 unspecified atom stereocenters. The first-order chi connectivity index (χ1) is 9.94. The highest BCUT2D eigenvalue weighted by atomic mass is 19.1. The van der Waals surface area contributed by atoms with E-state index in [0.717, 1.165) is 16.1 Å². The van der Waals surface area contributed by atoms with Crippen molar-refractivity contribution >= 4 is 11.6 Å². The summed E-state index contributed by atoms with van der Waals surface area (Å²) in [4.78, 5) is 2.81. The topological polar surface area (TPSA) is 66.6 Å². The summed E-state index contributed by atoms with van der Waals surface area (Å²) >= 11 is 0. The number of fused-ring (bicyclic) bond motifs is 2. The van der Waals surface area contributed by atoms with Gasteiger partial charge in [-0.2, -0.15) is 5.10 Å². The molecule has 3 rings (SSSR count). The van der Waals surface area contributed by atoms with Crippen LogP contribution in [0.3, 0.4) is 0 Å². The highest BCUT2D eigenvalue weighted by Crippen LogP contribution is 2.41. The quantitative estimate of drug-likeness (QED) is 0.477. The minimum atomic E-state index is -0.225. The van der Waals surface area contributed by atoms with Crippen molar-refractivity contribution in [3.05, 3.63) is 50.8 Å². The van der Waals surface area contributed by atoms with Crippen LogP contribution >= 0.6 is 0 Å². The van der Waals surface area contributed by atoms with Gasteiger partial charge in [0, 0.05) is 27.7 Å². The predicted molar refractivity (Wildman–Crippen MR) is 79.0 cm³/mol. The molecule has 1 aromatic heterocycles. The van der Waals surface area contributed by atoms with E-state index in [4.69, 9.17) is 5.53 Å². The molecule has 5 nitrogen and oxygen atoms in total. The average Bonchev–Trinajstić information content (AvgIpc) is 2.96. The summed E-state index contributed by atoms with van der Waals surface area (Å²) in [5, 5.41) is 9.86. The fraction of sp³-hybridized carbons (Fsp3) is 0.400. The molecule has 1 atom stereocenters. The molecular formula is C15H16FN5. The summed E-state index contributed by atoms with van der Waals surface area (Å²) in [6.45, 7) is 6.43. The number of hydrogen-bond acceptors (Lipinski definition) is 2. The summed E-state index contributed by atoms with van der Waals surface area (Å²) in [6.07, 6.45) is 7.01. The molecule has 1 aromatic rings. The van der Waals surface area contributed by atoms with Crippen molar-refractivity contribution in [3.8, 4) is 0 Å². The lowest BCUT2D eigenvalue weighted by atomic mass is 9.77. The summed E-state index contributed by atoms with van der Waals surface area (Å²) in [6, 6.07) is -0.204. The Labute approximate surface area is 121 Å². The molecule has 0 radical (unpaired) electrons. The van der Waals surface area contributed by atoms with Gasteiger partial charge in [-0.25, -0.2) is 4.39 Å².